The van der Waals surface area contributed by atoms with Gasteiger partial charge in [0, 0.05) is 18.1 Å². The fourth-order valence-corrected chi connectivity index (χ4v) is 5.23. The molecule has 3 N–H and O–H groups in total. The lowest BCUT2D eigenvalue weighted by Crippen LogP contribution is -2.48. The first-order valence-electron chi connectivity index (χ1n) is 11.8. The summed E-state index contributed by atoms with van der Waals surface area (Å²) in [5, 5.41) is 5.91. The number of benzene rings is 2. The summed E-state index contributed by atoms with van der Waals surface area (Å²) in [7, 11) is -2.27. The highest BCUT2D eigenvalue weighted by atomic mass is 35.5. The highest BCUT2D eigenvalue weighted by Gasteiger charge is 2.22. The van der Waals surface area contributed by atoms with E-state index in [0.717, 1.165) is 0 Å². The molecule has 12 heteroatoms. The number of nitrogens with one attached hydrogen (secondary N) is 3. The molecule has 0 aliphatic rings. The minimum absolute atomic E-state index is 0.0406. The molecule has 2 amide bonds. The molecule has 2 aromatic carbocycles. The Hall–Kier alpha value is -2.53. The van der Waals surface area contributed by atoms with E-state index in [2.05, 4.69) is 15.4 Å². The summed E-state index contributed by atoms with van der Waals surface area (Å²) in [5.41, 5.74) is 0. The summed E-state index contributed by atoms with van der Waals surface area (Å²) in [6.07, 6.45) is 1.47. The van der Waals surface area contributed by atoms with E-state index in [1.807, 2.05) is 13.8 Å². The van der Waals surface area contributed by atoms with Crippen molar-refractivity contribution in [2.24, 2.45) is 5.92 Å². The second kappa shape index (κ2) is 15.0. The lowest BCUT2D eigenvalue weighted by atomic mass is 10.0. The molecule has 0 radical (unpaired) electrons. The second-order valence-electron chi connectivity index (χ2n) is 8.66. The van der Waals surface area contributed by atoms with E-state index in [-0.39, 0.29) is 34.9 Å². The second-order valence-corrected chi connectivity index (χ2v) is 11.2. The minimum Gasteiger partial charge on any atom is -0.493 e. The van der Waals surface area contributed by atoms with E-state index in [0.29, 0.717) is 42.3 Å². The molecule has 0 unspecified atom stereocenters. The first kappa shape index (κ1) is 30.7. The zero-order chi connectivity index (χ0) is 27.4. The van der Waals surface area contributed by atoms with Crippen molar-refractivity contribution in [2.75, 3.05) is 26.8 Å². The zero-order valence-corrected chi connectivity index (χ0v) is 23.4. The lowest BCUT2D eigenvalue weighted by Gasteiger charge is -2.20. The predicted molar refractivity (Wildman–Crippen MR) is 144 cm³/mol. The number of sulfonamides is 1. The summed E-state index contributed by atoms with van der Waals surface area (Å²) < 4.78 is 38.1. The molecular formula is C25H33Cl2N3O6S. The number of carbonyl (C=O) groups is 2. The molecule has 2 aromatic rings. The van der Waals surface area contributed by atoms with Crippen LogP contribution in [0.15, 0.2) is 47.4 Å². The number of halogens is 2. The summed E-state index contributed by atoms with van der Waals surface area (Å²) in [6, 6.07) is 10.4. The van der Waals surface area contributed by atoms with Crippen molar-refractivity contribution in [3.8, 4) is 11.5 Å². The third-order valence-electron chi connectivity index (χ3n) is 5.16. The normalized spacial score (nSPS) is 12.2. The summed E-state index contributed by atoms with van der Waals surface area (Å²) in [4.78, 5) is 25.1. The van der Waals surface area contributed by atoms with E-state index in [1.54, 1.807) is 24.3 Å². The van der Waals surface area contributed by atoms with Gasteiger partial charge in [-0.25, -0.2) is 13.1 Å². The van der Waals surface area contributed by atoms with Crippen LogP contribution < -0.4 is 24.8 Å². The van der Waals surface area contributed by atoms with Gasteiger partial charge in [0.15, 0.2) is 18.1 Å². The molecule has 37 heavy (non-hydrogen) atoms. The van der Waals surface area contributed by atoms with Crippen molar-refractivity contribution in [1.29, 1.82) is 0 Å². The van der Waals surface area contributed by atoms with Crippen molar-refractivity contribution < 1.29 is 27.5 Å². The number of ether oxygens (including phenoxy) is 2. The van der Waals surface area contributed by atoms with Crippen molar-refractivity contribution in [1.82, 2.24) is 15.4 Å². The van der Waals surface area contributed by atoms with Crippen LogP contribution in [0.2, 0.25) is 10.0 Å². The first-order valence-corrected chi connectivity index (χ1v) is 14.0. The van der Waals surface area contributed by atoms with E-state index < -0.39 is 22.0 Å². The molecule has 0 spiro atoms. The van der Waals surface area contributed by atoms with E-state index in [4.69, 9.17) is 32.7 Å². The average Bonchev–Trinajstić information content (AvgIpc) is 2.83. The maximum atomic E-state index is 12.7. The maximum Gasteiger partial charge on any atom is 0.258 e. The molecule has 0 saturated carbocycles. The van der Waals surface area contributed by atoms with Gasteiger partial charge in [0.2, 0.25) is 15.9 Å². The lowest BCUT2D eigenvalue weighted by molar-refractivity contribution is -0.130. The molecule has 0 bridgehead atoms. The Balaban J connectivity index is 1.77. The van der Waals surface area contributed by atoms with Crippen LogP contribution in [0, 0.1) is 5.92 Å². The Morgan fingerprint density at radius 3 is 2.32 bits per heavy atom. The number of amides is 2. The van der Waals surface area contributed by atoms with Crippen molar-refractivity contribution in [3.63, 3.8) is 0 Å². The molecule has 0 saturated heterocycles. The van der Waals surface area contributed by atoms with Crippen LogP contribution in [0.5, 0.6) is 11.5 Å². The predicted octanol–water partition coefficient (Wildman–Crippen LogP) is 3.79. The number of para-hydroxylation sites is 2. The van der Waals surface area contributed by atoms with Crippen molar-refractivity contribution >= 4 is 45.0 Å². The van der Waals surface area contributed by atoms with Gasteiger partial charge in [-0.15, -0.1) is 0 Å². The van der Waals surface area contributed by atoms with E-state index in [9.17, 15) is 18.0 Å². The van der Waals surface area contributed by atoms with Crippen molar-refractivity contribution in [2.45, 2.75) is 44.0 Å². The third-order valence-corrected chi connectivity index (χ3v) is 7.34. The molecule has 1 atom stereocenters. The number of hydrogen-bond donors (Lipinski definition) is 3. The van der Waals surface area contributed by atoms with Crippen LogP contribution in [-0.4, -0.2) is 53.1 Å². The van der Waals surface area contributed by atoms with Crippen LogP contribution in [0.4, 0.5) is 0 Å². The summed E-state index contributed by atoms with van der Waals surface area (Å²) >= 11 is 11.8. The van der Waals surface area contributed by atoms with Gasteiger partial charge in [-0.3, -0.25) is 9.59 Å². The van der Waals surface area contributed by atoms with Crippen molar-refractivity contribution in [3.05, 3.63) is 52.5 Å². The Bertz CT molecular complexity index is 1160. The largest absolute Gasteiger partial charge is 0.493 e. The Morgan fingerprint density at radius 2 is 1.68 bits per heavy atom. The van der Waals surface area contributed by atoms with Gasteiger partial charge in [-0.2, -0.15) is 0 Å². The summed E-state index contributed by atoms with van der Waals surface area (Å²) in [5.74, 6) is 0.361. The molecule has 9 nitrogen and oxygen atoms in total. The van der Waals surface area contributed by atoms with Crippen LogP contribution >= 0.6 is 23.2 Å². The fraction of sp³-hybridized carbons (Fsp3) is 0.440. The molecule has 0 fully saturated rings. The molecule has 0 aliphatic heterocycles. The zero-order valence-electron chi connectivity index (χ0n) is 21.1. The van der Waals surface area contributed by atoms with E-state index in [1.165, 1.54) is 25.3 Å². The first-order chi connectivity index (χ1) is 17.5. The molecule has 204 valence electrons. The highest BCUT2D eigenvalue weighted by Crippen LogP contribution is 2.26. The average molecular weight is 575 g/mol. The van der Waals surface area contributed by atoms with Crippen LogP contribution in [0.3, 0.4) is 0 Å². The number of hydrogen-bond acceptors (Lipinski definition) is 6. The SMILES string of the molecule is COc1ccccc1OCC(=O)N[C@@H](CC(C)C)C(=O)NCCCCNS(=O)(=O)c1ccc(Cl)cc1Cl. The van der Waals surface area contributed by atoms with Crippen LogP contribution in [0.25, 0.3) is 0 Å². The minimum atomic E-state index is -3.78. The van der Waals surface area contributed by atoms with Crippen LogP contribution in [0.1, 0.15) is 33.1 Å². The number of methoxy groups -OCH3 is 1. The number of rotatable bonds is 15. The van der Waals surface area contributed by atoms with Gasteiger partial charge >= 0.3 is 0 Å². The third kappa shape index (κ3) is 10.4. The Labute approximate surface area is 228 Å². The fourth-order valence-electron chi connectivity index (χ4n) is 3.38. The van der Waals surface area contributed by atoms with Gasteiger partial charge in [-0.1, -0.05) is 49.2 Å². The monoisotopic (exact) mass is 573 g/mol. The Morgan fingerprint density at radius 1 is 1.00 bits per heavy atom. The highest BCUT2D eigenvalue weighted by molar-refractivity contribution is 7.89. The van der Waals surface area contributed by atoms with Gasteiger partial charge in [-0.05, 0) is 55.5 Å². The molecule has 2 rings (SSSR count). The Kier molecular flexibility index (Phi) is 12.5. The quantitative estimate of drug-likeness (QED) is 0.278. The number of carbonyl (C=O) groups excluding carboxylic acids is 2. The standard InChI is InChI=1S/C25H33Cl2N3O6S/c1-17(2)14-20(30-24(31)16-36-22-9-5-4-8-21(22)35-3)25(32)28-12-6-7-13-29-37(33,34)23-11-10-18(26)15-19(23)27/h4-5,8-11,15,17,20,29H,6-7,12-14,16H2,1-3H3,(H,28,32)(H,30,31)/t20-/m0/s1. The van der Waals surface area contributed by atoms with Gasteiger partial charge in [0.05, 0.1) is 12.1 Å². The number of unbranched alkanes of at least 4 members (excludes halogenated alkanes) is 1. The van der Waals surface area contributed by atoms with Crippen LogP contribution in [-0.2, 0) is 19.6 Å². The molecule has 0 aromatic heterocycles. The topological polar surface area (TPSA) is 123 Å². The van der Waals surface area contributed by atoms with Gasteiger partial charge in [0.1, 0.15) is 10.9 Å². The maximum absolute atomic E-state index is 12.7. The van der Waals surface area contributed by atoms with Gasteiger partial charge in [0.25, 0.3) is 5.91 Å². The molecule has 0 heterocycles. The summed E-state index contributed by atoms with van der Waals surface area (Å²) in [6.45, 7) is 4.14. The molecule has 0 aliphatic carbocycles. The van der Waals surface area contributed by atoms with E-state index >= 15 is 0 Å². The smallest absolute Gasteiger partial charge is 0.258 e. The molecular weight excluding hydrogens is 541 g/mol. The van der Waals surface area contributed by atoms with Gasteiger partial charge < -0.3 is 20.1 Å².